The summed E-state index contributed by atoms with van der Waals surface area (Å²) in [5.74, 6) is 0. The molecular formula is C18H16ClF3N2O2. The molecule has 4 nitrogen and oxygen atoms in total. The quantitative estimate of drug-likeness (QED) is 0.804. The van der Waals surface area contributed by atoms with E-state index < -0.39 is 28.9 Å². The van der Waals surface area contributed by atoms with E-state index in [9.17, 15) is 23.1 Å². The van der Waals surface area contributed by atoms with Crippen LogP contribution in [0.4, 0.5) is 29.3 Å². The van der Waals surface area contributed by atoms with E-state index >= 15 is 0 Å². The van der Waals surface area contributed by atoms with Gasteiger partial charge in [-0.2, -0.15) is 13.2 Å². The summed E-state index contributed by atoms with van der Waals surface area (Å²) in [7, 11) is 0. The Hall–Kier alpha value is -2.25. The van der Waals surface area contributed by atoms with Crippen molar-refractivity contribution >= 4 is 29.0 Å². The fourth-order valence-electron chi connectivity index (χ4n) is 3.21. The average Bonchev–Trinajstić information content (AvgIpc) is 2.55. The summed E-state index contributed by atoms with van der Waals surface area (Å²) in [5, 5.41) is 9.50. The highest BCUT2D eigenvalue weighted by molar-refractivity contribution is 6.31. The number of aliphatic hydroxyl groups excluding tert-OH is 1. The first kappa shape index (κ1) is 18.5. The first-order chi connectivity index (χ1) is 12.2. The van der Waals surface area contributed by atoms with Crippen LogP contribution in [0, 0.1) is 0 Å². The van der Waals surface area contributed by atoms with Crippen LogP contribution >= 0.6 is 11.6 Å². The molecule has 26 heavy (non-hydrogen) atoms. The molecule has 0 heterocycles. The molecule has 0 fully saturated rings. The number of benzene rings is 2. The predicted octanol–water partition coefficient (Wildman–Crippen LogP) is 4.43. The molecule has 0 spiro atoms. The van der Waals surface area contributed by atoms with Gasteiger partial charge in [0.1, 0.15) is 0 Å². The zero-order valence-electron chi connectivity index (χ0n) is 13.6. The molecule has 0 saturated heterocycles. The van der Waals surface area contributed by atoms with E-state index in [1.807, 2.05) is 6.07 Å². The molecule has 8 heteroatoms. The van der Waals surface area contributed by atoms with Crippen molar-refractivity contribution in [3.8, 4) is 0 Å². The summed E-state index contributed by atoms with van der Waals surface area (Å²) >= 11 is 5.66. The van der Waals surface area contributed by atoms with Crippen molar-refractivity contribution in [3.63, 3.8) is 0 Å². The number of fused-ring (bicyclic) bond motifs is 1. The summed E-state index contributed by atoms with van der Waals surface area (Å²) in [5.41, 5.74) is 6.39. The van der Waals surface area contributed by atoms with E-state index in [1.165, 1.54) is 6.07 Å². The predicted molar refractivity (Wildman–Crippen MR) is 92.7 cm³/mol. The van der Waals surface area contributed by atoms with Gasteiger partial charge in [0, 0.05) is 6.42 Å². The van der Waals surface area contributed by atoms with Crippen molar-refractivity contribution in [1.29, 1.82) is 0 Å². The number of anilines is 2. The molecule has 1 aliphatic carbocycles. The monoisotopic (exact) mass is 384 g/mol. The van der Waals surface area contributed by atoms with Crippen LogP contribution in [0.15, 0.2) is 36.4 Å². The number of amides is 2. The molecule has 3 N–H and O–H groups in total. The van der Waals surface area contributed by atoms with Gasteiger partial charge in [-0.25, -0.2) is 4.79 Å². The summed E-state index contributed by atoms with van der Waals surface area (Å²) < 4.78 is 39.5. The highest BCUT2D eigenvalue weighted by Gasteiger charge is 2.34. The van der Waals surface area contributed by atoms with Crippen molar-refractivity contribution in [2.75, 3.05) is 4.90 Å². The summed E-state index contributed by atoms with van der Waals surface area (Å²) in [6.07, 6.45) is -3.73. The van der Waals surface area contributed by atoms with E-state index in [0.717, 1.165) is 22.6 Å². The molecule has 1 aliphatic rings. The average molecular weight is 385 g/mol. The third kappa shape index (κ3) is 3.50. The minimum atomic E-state index is -4.66. The van der Waals surface area contributed by atoms with Crippen LogP contribution in [0.5, 0.6) is 0 Å². The van der Waals surface area contributed by atoms with E-state index in [0.29, 0.717) is 30.5 Å². The Morgan fingerprint density at radius 2 is 2.00 bits per heavy atom. The van der Waals surface area contributed by atoms with Gasteiger partial charge in [0.2, 0.25) is 0 Å². The molecule has 0 aliphatic heterocycles. The molecule has 1 unspecified atom stereocenters. The van der Waals surface area contributed by atoms with E-state index in [2.05, 4.69) is 0 Å². The van der Waals surface area contributed by atoms with Gasteiger partial charge in [-0.05, 0) is 48.2 Å². The molecule has 2 aromatic carbocycles. The fraction of sp³-hybridized carbons (Fsp3) is 0.278. The van der Waals surface area contributed by atoms with Gasteiger partial charge in [0.25, 0.3) is 0 Å². The molecular weight excluding hydrogens is 369 g/mol. The van der Waals surface area contributed by atoms with Gasteiger partial charge in [0.15, 0.2) is 0 Å². The van der Waals surface area contributed by atoms with Crippen molar-refractivity contribution < 1.29 is 23.1 Å². The second-order valence-corrected chi connectivity index (χ2v) is 6.55. The standard InChI is InChI=1S/C18H16ClF3N2O2/c19-15-7-5-11(8-14(15)18(20,21)22)24(17(23)26)16-3-1-2-10-4-6-12(25)9-13(10)16/h1-3,5,7-8,12,25H,4,6,9H2,(H2,23,26). The van der Waals surface area contributed by atoms with Gasteiger partial charge in [-0.1, -0.05) is 23.7 Å². The number of carbonyl (C=O) groups is 1. The SMILES string of the molecule is NC(=O)N(c1ccc(Cl)c(C(F)(F)F)c1)c1cccc2c1CC(O)CC2. The molecule has 138 valence electrons. The van der Waals surface area contributed by atoms with E-state index in [-0.39, 0.29) is 5.69 Å². The molecule has 1 atom stereocenters. The zero-order valence-corrected chi connectivity index (χ0v) is 14.3. The smallest absolute Gasteiger partial charge is 0.393 e. The maximum atomic E-state index is 13.2. The van der Waals surface area contributed by atoms with Crippen LogP contribution in [-0.4, -0.2) is 17.2 Å². The highest BCUT2D eigenvalue weighted by atomic mass is 35.5. The number of hydrogen-bond donors (Lipinski definition) is 2. The number of urea groups is 1. The normalized spacial score (nSPS) is 16.9. The first-order valence-corrected chi connectivity index (χ1v) is 8.31. The Balaban J connectivity index is 2.15. The Labute approximate surface area is 153 Å². The van der Waals surface area contributed by atoms with Crippen molar-refractivity contribution in [1.82, 2.24) is 0 Å². The van der Waals surface area contributed by atoms with Crippen molar-refractivity contribution in [3.05, 3.63) is 58.1 Å². The lowest BCUT2D eigenvalue weighted by molar-refractivity contribution is -0.137. The molecule has 2 amide bonds. The summed E-state index contributed by atoms with van der Waals surface area (Å²) in [6, 6.07) is 7.44. The number of hydrogen-bond acceptors (Lipinski definition) is 2. The first-order valence-electron chi connectivity index (χ1n) is 7.93. The van der Waals surface area contributed by atoms with Gasteiger partial charge in [-0.3, -0.25) is 4.90 Å². The second-order valence-electron chi connectivity index (χ2n) is 6.15. The molecule has 0 bridgehead atoms. The van der Waals surface area contributed by atoms with Crippen LogP contribution in [-0.2, 0) is 19.0 Å². The van der Waals surface area contributed by atoms with Crippen LogP contribution in [0.3, 0.4) is 0 Å². The maximum Gasteiger partial charge on any atom is 0.417 e. The number of primary amides is 1. The Kier molecular flexibility index (Phi) is 4.86. The lowest BCUT2D eigenvalue weighted by atomic mass is 9.88. The third-order valence-electron chi connectivity index (χ3n) is 4.41. The van der Waals surface area contributed by atoms with Crippen molar-refractivity contribution in [2.45, 2.75) is 31.5 Å². The molecule has 2 aromatic rings. The maximum absolute atomic E-state index is 13.2. The number of nitrogens with zero attached hydrogens (tertiary/aromatic N) is 1. The van der Waals surface area contributed by atoms with Gasteiger partial charge >= 0.3 is 12.2 Å². The number of halogens is 4. The minimum absolute atomic E-state index is 0.0392. The van der Waals surface area contributed by atoms with Gasteiger partial charge in [0.05, 0.1) is 28.1 Å². The second kappa shape index (κ2) is 6.81. The summed E-state index contributed by atoms with van der Waals surface area (Å²) in [6.45, 7) is 0. The van der Waals surface area contributed by atoms with Crippen molar-refractivity contribution in [2.24, 2.45) is 5.73 Å². The number of aryl methyl sites for hydroxylation is 1. The van der Waals surface area contributed by atoms with E-state index in [1.54, 1.807) is 12.1 Å². The van der Waals surface area contributed by atoms with Gasteiger partial charge < -0.3 is 10.8 Å². The highest BCUT2D eigenvalue weighted by Crippen LogP contribution is 2.40. The Bertz CT molecular complexity index is 855. The summed E-state index contributed by atoms with van der Waals surface area (Å²) in [4.78, 5) is 13.1. The van der Waals surface area contributed by atoms with Crippen LogP contribution in [0.25, 0.3) is 0 Å². The number of carbonyl (C=O) groups excluding carboxylic acids is 1. The van der Waals surface area contributed by atoms with E-state index in [4.69, 9.17) is 17.3 Å². The zero-order chi connectivity index (χ0) is 19.1. The Morgan fingerprint density at radius 1 is 1.27 bits per heavy atom. The molecule has 0 saturated carbocycles. The number of rotatable bonds is 2. The number of aliphatic hydroxyl groups is 1. The lowest BCUT2D eigenvalue weighted by Gasteiger charge is -2.29. The van der Waals surface area contributed by atoms with Crippen LogP contribution in [0.2, 0.25) is 5.02 Å². The number of alkyl halides is 3. The molecule has 3 rings (SSSR count). The number of nitrogens with two attached hydrogens (primary N) is 1. The molecule has 0 aromatic heterocycles. The molecule has 0 radical (unpaired) electrons. The largest absolute Gasteiger partial charge is 0.417 e. The third-order valence-corrected chi connectivity index (χ3v) is 4.74. The topological polar surface area (TPSA) is 66.6 Å². The Morgan fingerprint density at radius 3 is 2.65 bits per heavy atom. The van der Waals surface area contributed by atoms with Crippen LogP contribution in [0.1, 0.15) is 23.1 Å². The fourth-order valence-corrected chi connectivity index (χ4v) is 3.44. The van der Waals surface area contributed by atoms with Crippen LogP contribution < -0.4 is 10.6 Å². The lowest BCUT2D eigenvalue weighted by Crippen LogP contribution is -2.33. The van der Waals surface area contributed by atoms with Gasteiger partial charge in [-0.15, -0.1) is 0 Å². The minimum Gasteiger partial charge on any atom is -0.393 e.